The van der Waals surface area contributed by atoms with Gasteiger partial charge in [-0.25, -0.2) is 0 Å². The van der Waals surface area contributed by atoms with Gasteiger partial charge < -0.3 is 0 Å². The van der Waals surface area contributed by atoms with Crippen LogP contribution in [0.2, 0.25) is 0 Å². The summed E-state index contributed by atoms with van der Waals surface area (Å²) in [6.07, 6.45) is 0. The molecule has 0 aliphatic heterocycles. The number of hydrogen-bond acceptors (Lipinski definition) is 1. The molecule has 3 aromatic carbocycles. The van der Waals surface area contributed by atoms with Gasteiger partial charge in [-0.05, 0) is 0 Å². The van der Waals surface area contributed by atoms with E-state index in [9.17, 15) is 5.11 Å². The molecule has 0 saturated carbocycles. The summed E-state index contributed by atoms with van der Waals surface area (Å²) in [7, 11) is 0. The fourth-order valence-corrected chi connectivity index (χ4v) is 7.13. The Kier molecular flexibility index (Phi) is 3.89. The van der Waals surface area contributed by atoms with Crippen molar-refractivity contribution >= 4 is 27.7 Å². The van der Waals surface area contributed by atoms with Crippen molar-refractivity contribution in [2.45, 2.75) is 0 Å². The first-order chi connectivity index (χ1) is 9.86. The Morgan fingerprint density at radius 3 is 1.50 bits per heavy atom. The molecule has 3 rings (SSSR count). The summed E-state index contributed by atoms with van der Waals surface area (Å²) < 4.78 is 3.73. The summed E-state index contributed by atoms with van der Waals surface area (Å²) in [5.41, 5.74) is 0. The minimum absolute atomic E-state index is 0.403. The van der Waals surface area contributed by atoms with Gasteiger partial charge in [0.25, 0.3) is 0 Å². The molecule has 0 bridgehead atoms. The van der Waals surface area contributed by atoms with E-state index in [-0.39, 0.29) is 0 Å². The third-order valence-electron chi connectivity index (χ3n) is 3.15. The zero-order valence-corrected chi connectivity index (χ0v) is 12.9. The van der Waals surface area contributed by atoms with E-state index in [1.807, 2.05) is 24.3 Å². The summed E-state index contributed by atoms with van der Waals surface area (Å²) >= 11 is -1.68. The van der Waals surface area contributed by atoms with E-state index in [2.05, 4.69) is 54.6 Å². The Hall–Kier alpha value is -1.98. The molecule has 20 heavy (non-hydrogen) atoms. The maximum absolute atomic E-state index is 10.2. The summed E-state index contributed by atoms with van der Waals surface area (Å²) in [5.74, 6) is 0.403. The molecule has 0 aliphatic rings. The van der Waals surface area contributed by atoms with Crippen LogP contribution in [0.3, 0.4) is 0 Å². The third-order valence-corrected chi connectivity index (χ3v) is 8.37. The Morgan fingerprint density at radius 2 is 1.00 bits per heavy atom. The Morgan fingerprint density at radius 1 is 0.550 bits per heavy atom. The molecule has 98 valence electrons. The van der Waals surface area contributed by atoms with Crippen molar-refractivity contribution in [3.63, 3.8) is 0 Å². The van der Waals surface area contributed by atoms with E-state index in [1.54, 1.807) is 6.07 Å². The standard InChI is InChI=1S/C18H15AsO/c20-18-14-8-7-13-17(18)19(15-9-3-1-4-10-15)16-11-5-2-6-12-16/h1-14,20H. The van der Waals surface area contributed by atoms with Crippen LogP contribution >= 0.6 is 0 Å². The van der Waals surface area contributed by atoms with Gasteiger partial charge >= 0.3 is 123 Å². The molecular weight excluding hydrogens is 307 g/mol. The van der Waals surface area contributed by atoms with Crippen molar-refractivity contribution in [2.24, 2.45) is 0 Å². The molecule has 1 N–H and O–H groups in total. The van der Waals surface area contributed by atoms with Gasteiger partial charge in [-0.2, -0.15) is 0 Å². The molecule has 0 atom stereocenters. The average Bonchev–Trinajstić information content (AvgIpc) is 2.52. The van der Waals surface area contributed by atoms with Crippen molar-refractivity contribution in [1.29, 1.82) is 0 Å². The Bertz CT molecular complexity index is 641. The molecule has 0 radical (unpaired) electrons. The van der Waals surface area contributed by atoms with E-state index in [1.165, 1.54) is 8.70 Å². The summed E-state index contributed by atoms with van der Waals surface area (Å²) in [4.78, 5) is 0. The van der Waals surface area contributed by atoms with Crippen molar-refractivity contribution in [3.05, 3.63) is 84.9 Å². The molecule has 0 saturated heterocycles. The predicted octanol–water partition coefficient (Wildman–Crippen LogP) is 1.91. The third kappa shape index (κ3) is 2.64. The number of phenolic OH excluding ortho intramolecular Hbond substituents is 1. The Balaban J connectivity index is 2.17. The quantitative estimate of drug-likeness (QED) is 0.731. The number of hydrogen-bond donors (Lipinski definition) is 1. The molecule has 2 heteroatoms. The summed E-state index contributed by atoms with van der Waals surface area (Å²) in [5, 5.41) is 10.2. The summed E-state index contributed by atoms with van der Waals surface area (Å²) in [6, 6.07) is 28.7. The van der Waals surface area contributed by atoms with Crippen LogP contribution in [0.4, 0.5) is 0 Å². The van der Waals surface area contributed by atoms with Crippen molar-refractivity contribution in [1.82, 2.24) is 0 Å². The molecule has 0 heterocycles. The van der Waals surface area contributed by atoms with Gasteiger partial charge in [-0.15, -0.1) is 0 Å². The van der Waals surface area contributed by atoms with E-state index in [0.29, 0.717) is 5.75 Å². The van der Waals surface area contributed by atoms with Gasteiger partial charge in [0.15, 0.2) is 0 Å². The van der Waals surface area contributed by atoms with Crippen molar-refractivity contribution in [3.8, 4) is 5.75 Å². The van der Waals surface area contributed by atoms with Crippen LogP contribution in [0.5, 0.6) is 5.75 Å². The van der Waals surface area contributed by atoms with E-state index in [4.69, 9.17) is 0 Å². The van der Waals surface area contributed by atoms with Gasteiger partial charge in [0.2, 0.25) is 0 Å². The van der Waals surface area contributed by atoms with Gasteiger partial charge in [0, 0.05) is 0 Å². The number of para-hydroxylation sites is 1. The molecule has 0 spiro atoms. The van der Waals surface area contributed by atoms with Gasteiger partial charge in [-0.1, -0.05) is 0 Å². The number of phenols is 1. The molecular formula is C18H15AsO. The van der Waals surface area contributed by atoms with Crippen LogP contribution in [0, 0.1) is 0 Å². The zero-order chi connectivity index (χ0) is 13.8. The normalized spacial score (nSPS) is 10.7. The molecule has 0 aromatic heterocycles. The van der Waals surface area contributed by atoms with Crippen molar-refractivity contribution < 1.29 is 5.11 Å². The molecule has 0 amide bonds. The Labute approximate surface area is 123 Å². The zero-order valence-electron chi connectivity index (χ0n) is 11.0. The van der Waals surface area contributed by atoms with Gasteiger partial charge in [0.1, 0.15) is 0 Å². The average molecular weight is 322 g/mol. The second-order valence-corrected chi connectivity index (χ2v) is 9.08. The number of benzene rings is 3. The van der Waals surface area contributed by atoms with Crippen LogP contribution in [0.25, 0.3) is 0 Å². The van der Waals surface area contributed by atoms with E-state index < -0.39 is 14.7 Å². The monoisotopic (exact) mass is 322 g/mol. The topological polar surface area (TPSA) is 20.2 Å². The first kappa shape index (κ1) is 13.0. The molecule has 3 aromatic rings. The second kappa shape index (κ2) is 5.98. The first-order valence-electron chi connectivity index (χ1n) is 6.54. The van der Waals surface area contributed by atoms with E-state index >= 15 is 0 Å². The second-order valence-electron chi connectivity index (χ2n) is 4.50. The van der Waals surface area contributed by atoms with Gasteiger partial charge in [-0.3, -0.25) is 0 Å². The molecule has 0 fully saturated rings. The molecule has 0 aliphatic carbocycles. The molecule has 1 nitrogen and oxygen atoms in total. The van der Waals surface area contributed by atoms with Crippen molar-refractivity contribution in [2.75, 3.05) is 0 Å². The fraction of sp³-hybridized carbons (Fsp3) is 0. The van der Waals surface area contributed by atoms with Crippen LogP contribution in [0.1, 0.15) is 0 Å². The van der Waals surface area contributed by atoms with Crippen LogP contribution in [-0.2, 0) is 0 Å². The van der Waals surface area contributed by atoms with Crippen LogP contribution < -0.4 is 13.1 Å². The maximum atomic E-state index is 10.2. The SMILES string of the molecule is Oc1ccccc1[As](c1ccccc1)c1ccccc1. The van der Waals surface area contributed by atoms with Crippen LogP contribution in [-0.4, -0.2) is 19.8 Å². The number of rotatable bonds is 3. The fourth-order valence-electron chi connectivity index (χ4n) is 2.23. The number of aromatic hydroxyl groups is 1. The predicted molar refractivity (Wildman–Crippen MR) is 85.6 cm³/mol. The minimum atomic E-state index is -1.68. The van der Waals surface area contributed by atoms with Crippen LogP contribution in [0.15, 0.2) is 84.9 Å². The van der Waals surface area contributed by atoms with E-state index in [0.717, 1.165) is 4.35 Å². The molecule has 0 unspecified atom stereocenters. The summed E-state index contributed by atoms with van der Waals surface area (Å²) in [6.45, 7) is 0. The first-order valence-corrected chi connectivity index (χ1v) is 9.36. The van der Waals surface area contributed by atoms with Gasteiger partial charge in [0.05, 0.1) is 0 Å².